The minimum absolute atomic E-state index is 0.0763. The average Bonchev–Trinajstić information content (AvgIpc) is 3.24. The van der Waals surface area contributed by atoms with Gasteiger partial charge in [-0.1, -0.05) is 68.4 Å². The number of hydrogen-bond donors (Lipinski definition) is 0. The number of para-hydroxylation sites is 1. The Labute approximate surface area is 197 Å². The summed E-state index contributed by atoms with van der Waals surface area (Å²) in [5.74, 6) is 1.90. The first-order valence-corrected chi connectivity index (χ1v) is 11.7. The van der Waals surface area contributed by atoms with E-state index in [1.165, 1.54) is 33.6 Å². The van der Waals surface area contributed by atoms with Crippen LogP contribution in [0.4, 0.5) is 11.4 Å². The summed E-state index contributed by atoms with van der Waals surface area (Å²) in [5, 5.41) is 0. The highest BCUT2D eigenvalue weighted by molar-refractivity contribution is 6.53. The van der Waals surface area contributed by atoms with E-state index in [1.807, 2.05) is 7.05 Å². The van der Waals surface area contributed by atoms with Crippen LogP contribution in [0.15, 0.2) is 82.8 Å². The summed E-state index contributed by atoms with van der Waals surface area (Å²) < 4.78 is 0. The fourth-order valence-electron chi connectivity index (χ4n) is 5.38. The molecule has 2 aliphatic rings. The van der Waals surface area contributed by atoms with Crippen LogP contribution in [0.25, 0.3) is 11.1 Å². The van der Waals surface area contributed by atoms with Crippen LogP contribution in [0.1, 0.15) is 38.8 Å². The van der Waals surface area contributed by atoms with E-state index in [2.05, 4.69) is 117 Å². The number of rotatable bonds is 3. The van der Waals surface area contributed by atoms with Gasteiger partial charge in [0, 0.05) is 29.9 Å². The lowest BCUT2D eigenvalue weighted by Crippen LogP contribution is -2.48. The van der Waals surface area contributed by atoms with Crippen molar-refractivity contribution in [1.82, 2.24) is 0 Å². The molecule has 4 heteroatoms. The zero-order chi connectivity index (χ0) is 23.3. The third-order valence-electron chi connectivity index (χ3n) is 6.80. The van der Waals surface area contributed by atoms with Crippen molar-refractivity contribution in [3.8, 4) is 11.1 Å². The Bertz CT molecular complexity index is 1250. The highest BCUT2D eigenvalue weighted by Gasteiger charge is 2.56. The van der Waals surface area contributed by atoms with Crippen molar-refractivity contribution < 1.29 is 0 Å². The number of aliphatic imine (C=N–C) groups is 2. The van der Waals surface area contributed by atoms with E-state index in [1.54, 1.807) is 0 Å². The number of fused-ring (bicyclic) bond motifs is 3. The quantitative estimate of drug-likeness (QED) is 0.473. The second kappa shape index (κ2) is 7.87. The van der Waals surface area contributed by atoms with E-state index in [0.717, 1.165) is 11.7 Å². The first-order valence-electron chi connectivity index (χ1n) is 11.7. The largest absolute Gasteiger partial charge is 0.301 e. The summed E-state index contributed by atoms with van der Waals surface area (Å²) in [6.07, 6.45) is 0.0763. The monoisotopic (exact) mass is 436 g/mol. The van der Waals surface area contributed by atoms with Gasteiger partial charge in [-0.05, 0) is 61.2 Å². The third-order valence-corrected chi connectivity index (χ3v) is 6.80. The number of aryl methyl sites for hydroxylation is 1. The van der Waals surface area contributed by atoms with Crippen molar-refractivity contribution in [3.05, 3.63) is 83.9 Å². The van der Waals surface area contributed by atoms with Gasteiger partial charge in [-0.25, -0.2) is 0 Å². The van der Waals surface area contributed by atoms with E-state index in [-0.39, 0.29) is 17.6 Å². The minimum atomic E-state index is -0.106. The van der Waals surface area contributed by atoms with Gasteiger partial charge in [0.2, 0.25) is 0 Å². The normalized spacial score (nSPS) is 21.2. The van der Waals surface area contributed by atoms with Crippen LogP contribution in [-0.2, 0) is 5.41 Å². The average molecular weight is 437 g/mol. The van der Waals surface area contributed by atoms with Crippen LogP contribution in [0, 0.1) is 6.92 Å². The highest BCUT2D eigenvalue weighted by atomic mass is 15.5. The SMILES string of the molecule is CN=C1C(=NC(C)C)N(c2ccc(-c3ccccc3)cc2C)C2N1c1ccccc1C2(C)C. The molecule has 0 bridgehead atoms. The van der Waals surface area contributed by atoms with Crippen molar-refractivity contribution in [2.45, 2.75) is 52.2 Å². The number of benzene rings is 3. The minimum Gasteiger partial charge on any atom is -0.301 e. The molecule has 0 aliphatic carbocycles. The van der Waals surface area contributed by atoms with Crippen molar-refractivity contribution in [3.63, 3.8) is 0 Å². The van der Waals surface area contributed by atoms with Gasteiger partial charge in [0.1, 0.15) is 6.17 Å². The first-order chi connectivity index (χ1) is 15.8. The number of nitrogens with zero attached hydrogens (tertiary/aromatic N) is 4. The predicted octanol–water partition coefficient (Wildman–Crippen LogP) is 6.44. The van der Waals surface area contributed by atoms with Crippen molar-refractivity contribution in [2.24, 2.45) is 9.98 Å². The Morgan fingerprint density at radius 3 is 2.12 bits per heavy atom. The number of anilines is 2. The Morgan fingerprint density at radius 1 is 0.788 bits per heavy atom. The van der Waals surface area contributed by atoms with Crippen LogP contribution >= 0.6 is 0 Å². The molecule has 4 nitrogen and oxygen atoms in total. The second-order valence-corrected chi connectivity index (χ2v) is 9.81. The topological polar surface area (TPSA) is 31.2 Å². The zero-order valence-electron chi connectivity index (χ0n) is 20.4. The summed E-state index contributed by atoms with van der Waals surface area (Å²) in [6, 6.07) is 26.2. The van der Waals surface area contributed by atoms with Crippen LogP contribution in [0.2, 0.25) is 0 Å². The molecule has 1 atom stereocenters. The molecule has 3 aromatic carbocycles. The first kappa shape index (κ1) is 21.4. The van der Waals surface area contributed by atoms with E-state index in [9.17, 15) is 0 Å². The molecule has 0 radical (unpaired) electrons. The summed E-state index contributed by atoms with van der Waals surface area (Å²) in [5.41, 5.74) is 7.35. The molecule has 0 amide bonds. The van der Waals surface area contributed by atoms with E-state index in [0.29, 0.717) is 0 Å². The van der Waals surface area contributed by atoms with Gasteiger partial charge >= 0.3 is 0 Å². The molecule has 1 saturated heterocycles. The maximum atomic E-state index is 5.10. The van der Waals surface area contributed by atoms with Crippen molar-refractivity contribution in [1.29, 1.82) is 0 Å². The molecule has 1 fully saturated rings. The van der Waals surface area contributed by atoms with Crippen LogP contribution in [0.3, 0.4) is 0 Å². The standard InChI is InChI=1S/C29H32N4/c1-19(2)31-27-26(30-6)33-25-15-11-10-14-23(25)29(4,5)28(33)32(27)24-17-16-22(18-20(24)3)21-12-8-7-9-13-21/h7-19,28H,1-6H3. The maximum absolute atomic E-state index is 5.10. The van der Waals surface area contributed by atoms with E-state index >= 15 is 0 Å². The van der Waals surface area contributed by atoms with Gasteiger partial charge in [-0.15, -0.1) is 0 Å². The van der Waals surface area contributed by atoms with Crippen LogP contribution in [0.5, 0.6) is 0 Å². The summed E-state index contributed by atoms with van der Waals surface area (Å²) >= 11 is 0. The molecular weight excluding hydrogens is 404 g/mol. The Kier molecular flexibility index (Phi) is 5.12. The number of hydrogen-bond acceptors (Lipinski definition) is 2. The summed E-state index contributed by atoms with van der Waals surface area (Å²) in [7, 11) is 1.88. The highest BCUT2D eigenvalue weighted by Crippen LogP contribution is 2.51. The van der Waals surface area contributed by atoms with Gasteiger partial charge < -0.3 is 9.80 Å². The fraction of sp³-hybridized carbons (Fsp3) is 0.310. The molecule has 1 unspecified atom stereocenters. The van der Waals surface area contributed by atoms with Crippen LogP contribution < -0.4 is 9.80 Å². The van der Waals surface area contributed by atoms with Crippen LogP contribution in [-0.4, -0.2) is 30.9 Å². The molecule has 0 spiro atoms. The molecule has 0 saturated carbocycles. The van der Waals surface area contributed by atoms with Gasteiger partial charge in [0.15, 0.2) is 11.7 Å². The Balaban J connectivity index is 1.70. The fourth-order valence-corrected chi connectivity index (χ4v) is 5.38. The molecule has 0 N–H and O–H groups in total. The summed E-state index contributed by atoms with van der Waals surface area (Å²) in [6.45, 7) is 11.1. The molecule has 2 aliphatic heterocycles. The zero-order valence-corrected chi connectivity index (χ0v) is 20.4. The van der Waals surface area contributed by atoms with Crippen molar-refractivity contribution >= 4 is 23.0 Å². The molecule has 2 heterocycles. The van der Waals surface area contributed by atoms with E-state index < -0.39 is 0 Å². The predicted molar refractivity (Wildman–Crippen MR) is 141 cm³/mol. The van der Waals surface area contributed by atoms with Gasteiger partial charge in [-0.3, -0.25) is 9.98 Å². The Morgan fingerprint density at radius 2 is 1.45 bits per heavy atom. The lowest BCUT2D eigenvalue weighted by molar-refractivity contribution is 0.456. The molecule has 3 aromatic rings. The van der Waals surface area contributed by atoms with Gasteiger partial charge in [-0.2, -0.15) is 0 Å². The molecule has 0 aromatic heterocycles. The van der Waals surface area contributed by atoms with E-state index in [4.69, 9.17) is 9.98 Å². The smallest absolute Gasteiger partial charge is 0.173 e. The second-order valence-electron chi connectivity index (χ2n) is 9.81. The molecule has 5 rings (SSSR count). The lowest BCUT2D eigenvalue weighted by Gasteiger charge is -2.36. The molecular formula is C29H32N4. The van der Waals surface area contributed by atoms with Gasteiger partial charge in [0.05, 0.1) is 0 Å². The lowest BCUT2D eigenvalue weighted by atomic mass is 9.83. The summed E-state index contributed by atoms with van der Waals surface area (Å²) in [4.78, 5) is 14.7. The molecule has 168 valence electrons. The number of amidine groups is 2. The maximum Gasteiger partial charge on any atom is 0.173 e. The third kappa shape index (κ3) is 3.28. The Hall–Kier alpha value is -3.40. The van der Waals surface area contributed by atoms with Gasteiger partial charge in [0.25, 0.3) is 0 Å². The van der Waals surface area contributed by atoms with Crippen molar-refractivity contribution in [2.75, 3.05) is 16.8 Å². The molecule has 33 heavy (non-hydrogen) atoms.